The molecule has 0 aliphatic rings. The van der Waals surface area contributed by atoms with Gasteiger partial charge in [-0.3, -0.25) is 9.44 Å². The van der Waals surface area contributed by atoms with E-state index in [1.807, 2.05) is 0 Å². The lowest BCUT2D eigenvalue weighted by atomic mass is 10.2. The monoisotopic (exact) mass is 550 g/mol. The summed E-state index contributed by atoms with van der Waals surface area (Å²) in [6.45, 7) is 0. The summed E-state index contributed by atoms with van der Waals surface area (Å²) >= 11 is 0. The number of nitrogens with one attached hydrogen (secondary N) is 4. The SMILES string of the molecule is O=C(Nc1ccccc1NS(=O)(=O)Cc1ccccc1)Nc1ccccc1NS(=O)(=O)Cc1ccccc1. The number of hydrogen-bond donors (Lipinski definition) is 4. The molecule has 11 heteroatoms. The second-order valence-corrected chi connectivity index (χ2v) is 11.8. The van der Waals surface area contributed by atoms with Gasteiger partial charge in [0.15, 0.2) is 0 Å². The summed E-state index contributed by atoms with van der Waals surface area (Å²) in [7, 11) is -7.51. The molecule has 38 heavy (non-hydrogen) atoms. The highest BCUT2D eigenvalue weighted by molar-refractivity contribution is 7.92. The quantitative estimate of drug-likeness (QED) is 0.215. The minimum absolute atomic E-state index is 0.190. The number of carbonyl (C=O) groups is 1. The molecule has 4 aromatic carbocycles. The van der Waals surface area contributed by atoms with Crippen molar-refractivity contribution in [3.8, 4) is 0 Å². The van der Waals surface area contributed by atoms with Crippen LogP contribution < -0.4 is 20.1 Å². The number of para-hydroxylation sites is 4. The second kappa shape index (κ2) is 11.8. The Labute approximate surface area is 222 Å². The van der Waals surface area contributed by atoms with E-state index in [1.54, 1.807) is 97.1 Å². The van der Waals surface area contributed by atoms with Crippen molar-refractivity contribution in [2.45, 2.75) is 11.5 Å². The van der Waals surface area contributed by atoms with Gasteiger partial charge in [-0.25, -0.2) is 21.6 Å². The van der Waals surface area contributed by atoms with Crippen LogP contribution in [0.2, 0.25) is 0 Å². The molecule has 0 heterocycles. The van der Waals surface area contributed by atoms with Crippen molar-refractivity contribution in [2.24, 2.45) is 0 Å². The van der Waals surface area contributed by atoms with Gasteiger partial charge in [-0.2, -0.15) is 0 Å². The average molecular weight is 551 g/mol. The first-order valence-electron chi connectivity index (χ1n) is 11.5. The molecule has 9 nitrogen and oxygen atoms in total. The fourth-order valence-electron chi connectivity index (χ4n) is 3.63. The summed E-state index contributed by atoms with van der Waals surface area (Å²) in [4.78, 5) is 12.8. The van der Waals surface area contributed by atoms with Crippen molar-refractivity contribution in [3.63, 3.8) is 0 Å². The van der Waals surface area contributed by atoms with Crippen LogP contribution in [-0.2, 0) is 31.6 Å². The molecule has 0 aromatic heterocycles. The minimum Gasteiger partial charge on any atom is -0.306 e. The van der Waals surface area contributed by atoms with Gasteiger partial charge in [-0.15, -0.1) is 0 Å². The van der Waals surface area contributed by atoms with Crippen molar-refractivity contribution in [1.29, 1.82) is 0 Å². The van der Waals surface area contributed by atoms with Gasteiger partial charge >= 0.3 is 6.03 Å². The molecule has 196 valence electrons. The predicted octanol–water partition coefficient (Wildman–Crippen LogP) is 5.21. The Balaban J connectivity index is 1.45. The highest BCUT2D eigenvalue weighted by Gasteiger charge is 2.17. The van der Waals surface area contributed by atoms with Crippen LogP contribution in [0.3, 0.4) is 0 Å². The van der Waals surface area contributed by atoms with Gasteiger partial charge in [0.1, 0.15) is 0 Å². The number of carbonyl (C=O) groups excluding carboxylic acids is 1. The molecule has 0 saturated carbocycles. The summed E-state index contributed by atoms with van der Waals surface area (Å²) in [5.41, 5.74) is 2.07. The molecule has 4 aromatic rings. The van der Waals surface area contributed by atoms with Crippen LogP contribution in [0.4, 0.5) is 27.5 Å². The van der Waals surface area contributed by atoms with Crippen LogP contribution in [0.15, 0.2) is 109 Å². The fourth-order valence-corrected chi connectivity index (χ4v) is 6.07. The van der Waals surface area contributed by atoms with Crippen molar-refractivity contribution >= 4 is 48.8 Å². The molecule has 4 N–H and O–H groups in total. The maximum absolute atomic E-state index is 12.8. The lowest BCUT2D eigenvalue weighted by molar-refractivity contribution is 0.262. The first-order valence-corrected chi connectivity index (χ1v) is 14.8. The van der Waals surface area contributed by atoms with E-state index < -0.39 is 26.1 Å². The number of hydrogen-bond acceptors (Lipinski definition) is 5. The van der Waals surface area contributed by atoms with Crippen LogP contribution in [-0.4, -0.2) is 22.9 Å². The Morgan fingerprint density at radius 2 is 0.789 bits per heavy atom. The van der Waals surface area contributed by atoms with Gasteiger partial charge in [0.05, 0.1) is 34.3 Å². The predicted molar refractivity (Wildman–Crippen MR) is 151 cm³/mol. The number of rotatable bonds is 10. The zero-order valence-electron chi connectivity index (χ0n) is 20.2. The summed E-state index contributed by atoms with van der Waals surface area (Å²) < 4.78 is 55.8. The molecule has 0 atom stereocenters. The van der Waals surface area contributed by atoms with Gasteiger partial charge in [-0.05, 0) is 35.4 Å². The average Bonchev–Trinajstić information content (AvgIpc) is 2.87. The van der Waals surface area contributed by atoms with E-state index in [2.05, 4.69) is 20.1 Å². The molecule has 0 saturated heterocycles. The zero-order valence-corrected chi connectivity index (χ0v) is 21.8. The van der Waals surface area contributed by atoms with E-state index >= 15 is 0 Å². The van der Waals surface area contributed by atoms with Crippen molar-refractivity contribution in [1.82, 2.24) is 0 Å². The molecule has 0 fully saturated rings. The van der Waals surface area contributed by atoms with Gasteiger partial charge in [-0.1, -0.05) is 84.9 Å². The summed E-state index contributed by atoms with van der Waals surface area (Å²) in [6, 6.07) is 29.5. The molecule has 4 rings (SSSR count). The Kier molecular flexibility index (Phi) is 8.29. The molecule has 0 radical (unpaired) electrons. The van der Waals surface area contributed by atoms with E-state index in [1.165, 1.54) is 12.1 Å². The van der Waals surface area contributed by atoms with E-state index in [0.29, 0.717) is 11.1 Å². The molecule has 0 spiro atoms. The molecule has 0 unspecified atom stereocenters. The standard InChI is InChI=1S/C27H26N4O5S2/c32-27(28-23-15-7-9-17-25(23)30-37(33,34)19-21-11-3-1-4-12-21)29-24-16-8-10-18-26(24)31-38(35,36)20-22-13-5-2-6-14-22/h1-18,30-31H,19-20H2,(H2,28,29,32). The lowest BCUT2D eigenvalue weighted by Crippen LogP contribution is -2.23. The largest absolute Gasteiger partial charge is 0.323 e. The van der Waals surface area contributed by atoms with Gasteiger partial charge in [0, 0.05) is 0 Å². The van der Waals surface area contributed by atoms with Gasteiger partial charge in [0.25, 0.3) is 0 Å². The Morgan fingerprint density at radius 1 is 0.474 bits per heavy atom. The van der Waals surface area contributed by atoms with Crippen LogP contribution in [0.5, 0.6) is 0 Å². The molecule has 0 aliphatic carbocycles. The number of urea groups is 1. The summed E-state index contributed by atoms with van der Waals surface area (Å²) in [6.07, 6.45) is 0. The maximum atomic E-state index is 12.8. The fraction of sp³-hybridized carbons (Fsp3) is 0.0741. The highest BCUT2D eigenvalue weighted by atomic mass is 32.2. The molecule has 2 amide bonds. The molecule has 0 bridgehead atoms. The summed E-state index contributed by atoms with van der Waals surface area (Å²) in [5.74, 6) is -0.463. The van der Waals surface area contributed by atoms with Crippen LogP contribution in [0.25, 0.3) is 0 Å². The third-order valence-corrected chi connectivity index (χ3v) is 7.77. The highest BCUT2D eigenvalue weighted by Crippen LogP contribution is 2.26. The van der Waals surface area contributed by atoms with Crippen LogP contribution in [0, 0.1) is 0 Å². The van der Waals surface area contributed by atoms with Crippen molar-refractivity contribution < 1.29 is 21.6 Å². The maximum Gasteiger partial charge on any atom is 0.323 e. The van der Waals surface area contributed by atoms with Crippen molar-refractivity contribution in [3.05, 3.63) is 120 Å². The van der Waals surface area contributed by atoms with Crippen molar-refractivity contribution in [2.75, 3.05) is 20.1 Å². The van der Waals surface area contributed by atoms with E-state index in [0.717, 1.165) is 0 Å². The molecular formula is C27H26N4O5S2. The van der Waals surface area contributed by atoms with Crippen LogP contribution in [0.1, 0.15) is 11.1 Å². The third-order valence-electron chi connectivity index (χ3n) is 5.28. The minimum atomic E-state index is -3.76. The van der Waals surface area contributed by atoms with E-state index in [4.69, 9.17) is 0 Å². The molecular weight excluding hydrogens is 524 g/mol. The topological polar surface area (TPSA) is 133 Å². The van der Waals surface area contributed by atoms with E-state index in [-0.39, 0.29) is 34.3 Å². The number of anilines is 4. The first-order chi connectivity index (χ1) is 18.2. The summed E-state index contributed by atoms with van der Waals surface area (Å²) in [5, 5.41) is 5.24. The third kappa shape index (κ3) is 7.82. The number of benzene rings is 4. The number of amides is 2. The lowest BCUT2D eigenvalue weighted by Gasteiger charge is -2.16. The van der Waals surface area contributed by atoms with Crippen LogP contribution >= 0.6 is 0 Å². The first kappa shape index (κ1) is 26.7. The normalized spacial score (nSPS) is 11.4. The number of sulfonamides is 2. The van der Waals surface area contributed by atoms with Gasteiger partial charge < -0.3 is 10.6 Å². The molecule has 0 aliphatic heterocycles. The Bertz CT molecular complexity index is 1490. The second-order valence-electron chi connectivity index (χ2n) is 8.36. The smallest absolute Gasteiger partial charge is 0.306 e. The van der Waals surface area contributed by atoms with E-state index in [9.17, 15) is 21.6 Å². The Hall–Kier alpha value is -4.35. The Morgan fingerprint density at radius 3 is 1.16 bits per heavy atom. The van der Waals surface area contributed by atoms with Gasteiger partial charge in [0.2, 0.25) is 20.0 Å². The zero-order chi connectivity index (χ0) is 27.0.